The highest BCUT2D eigenvalue weighted by Gasteiger charge is 2.30. The highest BCUT2D eigenvalue weighted by molar-refractivity contribution is 5.97. The minimum absolute atomic E-state index is 0.0173. The number of benzene rings is 1. The van der Waals surface area contributed by atoms with Crippen LogP contribution in [0.4, 0.5) is 19.0 Å². The summed E-state index contributed by atoms with van der Waals surface area (Å²) in [5.41, 5.74) is 1.27. The fraction of sp³-hybridized carbons (Fsp3) is 0.235. The Bertz CT molecular complexity index is 817. The standard InChI is InChI=1S/C17H14F3N3O2/c18-17(19,20)13-3-1-10(2-4-13)6-14(24)21-8-11-5-12-7-15(25)23-16(12)22-9-11/h1-5,9H,6-8H2,(H,21,24)(H,22,23,25). The lowest BCUT2D eigenvalue weighted by atomic mass is 10.1. The van der Waals surface area contributed by atoms with E-state index in [9.17, 15) is 22.8 Å². The fourth-order valence-corrected chi connectivity index (χ4v) is 2.51. The smallest absolute Gasteiger partial charge is 0.352 e. The largest absolute Gasteiger partial charge is 0.416 e. The van der Waals surface area contributed by atoms with Crippen molar-refractivity contribution in [2.45, 2.75) is 25.6 Å². The molecule has 2 N–H and O–H groups in total. The minimum atomic E-state index is -4.39. The molecule has 130 valence electrons. The van der Waals surface area contributed by atoms with Gasteiger partial charge in [-0.05, 0) is 29.3 Å². The summed E-state index contributed by atoms with van der Waals surface area (Å²) < 4.78 is 37.5. The third-order valence-electron chi connectivity index (χ3n) is 3.77. The lowest BCUT2D eigenvalue weighted by Gasteiger charge is -2.09. The first-order chi connectivity index (χ1) is 11.8. The van der Waals surface area contributed by atoms with Gasteiger partial charge in [0, 0.05) is 18.3 Å². The van der Waals surface area contributed by atoms with Crippen LogP contribution < -0.4 is 10.6 Å². The van der Waals surface area contributed by atoms with Gasteiger partial charge in [-0.1, -0.05) is 12.1 Å². The Balaban J connectivity index is 1.55. The van der Waals surface area contributed by atoms with Crippen LogP contribution in [0.1, 0.15) is 22.3 Å². The molecule has 5 nitrogen and oxygen atoms in total. The fourth-order valence-electron chi connectivity index (χ4n) is 2.51. The van der Waals surface area contributed by atoms with E-state index in [1.165, 1.54) is 12.1 Å². The maximum absolute atomic E-state index is 12.5. The first kappa shape index (κ1) is 16.9. The van der Waals surface area contributed by atoms with Gasteiger partial charge in [0.2, 0.25) is 11.8 Å². The Hall–Kier alpha value is -2.90. The van der Waals surface area contributed by atoms with Crippen molar-refractivity contribution < 1.29 is 22.8 Å². The first-order valence-corrected chi connectivity index (χ1v) is 7.52. The maximum atomic E-state index is 12.5. The molecule has 0 saturated heterocycles. The number of aromatic nitrogens is 1. The number of hydrogen-bond acceptors (Lipinski definition) is 3. The molecule has 1 aromatic carbocycles. The molecule has 2 heterocycles. The topological polar surface area (TPSA) is 71.1 Å². The van der Waals surface area contributed by atoms with Crippen LogP contribution in [0.5, 0.6) is 0 Å². The molecule has 8 heteroatoms. The van der Waals surface area contributed by atoms with E-state index in [0.29, 0.717) is 11.4 Å². The molecule has 0 saturated carbocycles. The summed E-state index contributed by atoms with van der Waals surface area (Å²) in [7, 11) is 0. The van der Waals surface area contributed by atoms with Gasteiger partial charge < -0.3 is 10.6 Å². The summed E-state index contributed by atoms with van der Waals surface area (Å²) >= 11 is 0. The monoisotopic (exact) mass is 349 g/mol. The summed E-state index contributed by atoms with van der Waals surface area (Å²) in [4.78, 5) is 27.3. The number of hydrogen-bond donors (Lipinski definition) is 2. The molecular weight excluding hydrogens is 335 g/mol. The summed E-state index contributed by atoms with van der Waals surface area (Å²) in [6.07, 6.45) is -2.59. The number of amides is 2. The van der Waals surface area contributed by atoms with Gasteiger partial charge in [0.1, 0.15) is 5.82 Å². The SMILES string of the molecule is O=C(Cc1ccc(C(F)(F)F)cc1)NCc1cnc2c(c1)CC(=O)N2. The zero-order chi connectivity index (χ0) is 18.0. The van der Waals surface area contributed by atoms with E-state index in [1.807, 2.05) is 0 Å². The van der Waals surface area contributed by atoms with Crippen LogP contribution in [0.25, 0.3) is 0 Å². The third-order valence-corrected chi connectivity index (χ3v) is 3.77. The Kier molecular flexibility index (Phi) is 4.43. The second-order valence-corrected chi connectivity index (χ2v) is 5.72. The summed E-state index contributed by atoms with van der Waals surface area (Å²) in [5.74, 6) is 0.102. The van der Waals surface area contributed by atoms with E-state index < -0.39 is 11.7 Å². The van der Waals surface area contributed by atoms with Crippen LogP contribution in [0.15, 0.2) is 36.5 Å². The van der Waals surface area contributed by atoms with Gasteiger partial charge >= 0.3 is 6.18 Å². The van der Waals surface area contributed by atoms with Gasteiger partial charge in [-0.3, -0.25) is 9.59 Å². The molecule has 2 amide bonds. The van der Waals surface area contributed by atoms with E-state index in [2.05, 4.69) is 15.6 Å². The Labute approximate surface area is 141 Å². The van der Waals surface area contributed by atoms with Crippen LogP contribution in [-0.4, -0.2) is 16.8 Å². The van der Waals surface area contributed by atoms with Crippen molar-refractivity contribution in [3.63, 3.8) is 0 Å². The second kappa shape index (κ2) is 6.54. The Morgan fingerprint density at radius 3 is 2.60 bits per heavy atom. The van der Waals surface area contributed by atoms with Crippen LogP contribution in [-0.2, 0) is 35.2 Å². The van der Waals surface area contributed by atoms with Gasteiger partial charge in [0.15, 0.2) is 0 Å². The Morgan fingerprint density at radius 2 is 1.92 bits per heavy atom. The summed E-state index contributed by atoms with van der Waals surface area (Å²) in [5, 5.41) is 5.31. The van der Waals surface area contributed by atoms with Crippen LogP contribution in [0.3, 0.4) is 0 Å². The summed E-state index contributed by atoms with van der Waals surface area (Å²) in [6.45, 7) is 0.230. The highest BCUT2D eigenvalue weighted by atomic mass is 19.4. The predicted molar refractivity (Wildman–Crippen MR) is 83.6 cm³/mol. The number of fused-ring (bicyclic) bond motifs is 1. The normalized spacial score (nSPS) is 13.3. The van der Waals surface area contributed by atoms with Gasteiger partial charge in [-0.25, -0.2) is 4.98 Å². The van der Waals surface area contributed by atoms with Crippen molar-refractivity contribution in [1.82, 2.24) is 10.3 Å². The number of halogens is 3. The minimum Gasteiger partial charge on any atom is -0.352 e. The molecule has 1 aliphatic heterocycles. The molecule has 3 rings (SSSR count). The number of alkyl halides is 3. The molecular formula is C17H14F3N3O2. The molecule has 0 fully saturated rings. The number of pyridine rings is 1. The van der Waals surface area contributed by atoms with E-state index in [-0.39, 0.29) is 31.2 Å². The van der Waals surface area contributed by atoms with Crippen molar-refractivity contribution in [2.75, 3.05) is 5.32 Å². The third kappa shape index (κ3) is 4.14. The van der Waals surface area contributed by atoms with Crippen molar-refractivity contribution >= 4 is 17.6 Å². The van der Waals surface area contributed by atoms with E-state index in [0.717, 1.165) is 23.3 Å². The van der Waals surface area contributed by atoms with Crippen molar-refractivity contribution in [3.05, 3.63) is 58.8 Å². The second-order valence-electron chi connectivity index (χ2n) is 5.72. The molecule has 0 spiro atoms. The van der Waals surface area contributed by atoms with Gasteiger partial charge in [-0.15, -0.1) is 0 Å². The molecule has 1 aliphatic rings. The van der Waals surface area contributed by atoms with Gasteiger partial charge in [0.25, 0.3) is 0 Å². The first-order valence-electron chi connectivity index (χ1n) is 7.52. The van der Waals surface area contributed by atoms with Crippen molar-refractivity contribution in [3.8, 4) is 0 Å². The lowest BCUT2D eigenvalue weighted by molar-refractivity contribution is -0.137. The average Bonchev–Trinajstić information content (AvgIpc) is 2.92. The molecule has 25 heavy (non-hydrogen) atoms. The number of carbonyl (C=O) groups is 2. The summed E-state index contributed by atoms with van der Waals surface area (Å²) in [6, 6.07) is 6.28. The number of carbonyl (C=O) groups excluding carboxylic acids is 2. The van der Waals surface area contributed by atoms with Gasteiger partial charge in [0.05, 0.1) is 18.4 Å². The van der Waals surface area contributed by atoms with E-state index in [4.69, 9.17) is 0 Å². The molecule has 0 aliphatic carbocycles. The van der Waals surface area contributed by atoms with E-state index in [1.54, 1.807) is 12.3 Å². The van der Waals surface area contributed by atoms with Crippen molar-refractivity contribution in [1.29, 1.82) is 0 Å². The number of anilines is 1. The maximum Gasteiger partial charge on any atom is 0.416 e. The zero-order valence-electron chi connectivity index (χ0n) is 13.0. The zero-order valence-corrected chi connectivity index (χ0v) is 13.0. The molecule has 1 aromatic heterocycles. The van der Waals surface area contributed by atoms with Crippen LogP contribution in [0.2, 0.25) is 0 Å². The lowest BCUT2D eigenvalue weighted by Crippen LogP contribution is -2.24. The van der Waals surface area contributed by atoms with Crippen LogP contribution in [0, 0.1) is 0 Å². The van der Waals surface area contributed by atoms with Crippen molar-refractivity contribution in [2.24, 2.45) is 0 Å². The molecule has 0 bridgehead atoms. The average molecular weight is 349 g/mol. The van der Waals surface area contributed by atoms with E-state index >= 15 is 0 Å². The number of nitrogens with zero attached hydrogens (tertiary/aromatic N) is 1. The highest BCUT2D eigenvalue weighted by Crippen LogP contribution is 2.29. The quantitative estimate of drug-likeness (QED) is 0.891. The molecule has 2 aromatic rings. The Morgan fingerprint density at radius 1 is 1.20 bits per heavy atom. The predicted octanol–water partition coefficient (Wildman–Crippen LogP) is 2.45. The molecule has 0 unspecified atom stereocenters. The van der Waals surface area contributed by atoms with Gasteiger partial charge in [-0.2, -0.15) is 13.2 Å². The molecule has 0 atom stereocenters. The number of nitrogens with one attached hydrogen (secondary N) is 2. The number of rotatable bonds is 4. The van der Waals surface area contributed by atoms with Crippen LogP contribution >= 0.6 is 0 Å². The molecule has 0 radical (unpaired) electrons.